The molecule has 0 fully saturated rings. The number of carbonyl (C=O) groups is 1. The molecule has 0 saturated carbocycles. The molecule has 0 saturated heterocycles. The Labute approximate surface area is 95.5 Å². The summed E-state index contributed by atoms with van der Waals surface area (Å²) in [5, 5.41) is 12.5. The largest absolute Gasteiger partial charge is 0.388 e. The predicted octanol–water partition coefficient (Wildman–Crippen LogP) is 0.701. The molecule has 1 unspecified atom stereocenters. The molecule has 0 aliphatic heterocycles. The van der Waals surface area contributed by atoms with Gasteiger partial charge in [-0.05, 0) is 13.3 Å². The maximum absolute atomic E-state index is 11.6. The van der Waals surface area contributed by atoms with Crippen molar-refractivity contribution in [1.82, 2.24) is 14.9 Å². The number of nitrogens with one attached hydrogen (secondary N) is 1. The highest BCUT2D eigenvalue weighted by Crippen LogP contribution is 2.10. The van der Waals surface area contributed by atoms with Gasteiger partial charge in [0.25, 0.3) is 5.91 Å². The Bertz CT molecular complexity index is 358. The highest BCUT2D eigenvalue weighted by molar-refractivity contribution is 5.92. The van der Waals surface area contributed by atoms with Gasteiger partial charge in [-0.3, -0.25) is 4.79 Å². The van der Waals surface area contributed by atoms with Crippen LogP contribution < -0.4 is 5.32 Å². The van der Waals surface area contributed by atoms with Crippen LogP contribution in [-0.4, -0.2) is 32.7 Å². The minimum absolute atomic E-state index is 0.246. The number of hydrogen-bond acceptors (Lipinski definition) is 3. The fourth-order valence-corrected chi connectivity index (χ4v) is 1.52. The third-order valence-corrected chi connectivity index (χ3v) is 2.36. The fourth-order valence-electron chi connectivity index (χ4n) is 1.52. The van der Waals surface area contributed by atoms with Gasteiger partial charge >= 0.3 is 0 Å². The summed E-state index contributed by atoms with van der Waals surface area (Å²) in [6.07, 6.45) is 4.75. The molecular weight excluding hydrogens is 206 g/mol. The van der Waals surface area contributed by atoms with Gasteiger partial charge in [0, 0.05) is 19.8 Å². The van der Waals surface area contributed by atoms with Gasteiger partial charge in [0.2, 0.25) is 0 Å². The van der Waals surface area contributed by atoms with Gasteiger partial charge < -0.3 is 15.0 Å². The van der Waals surface area contributed by atoms with Crippen LogP contribution in [0.5, 0.6) is 0 Å². The number of aliphatic hydroxyl groups is 1. The van der Waals surface area contributed by atoms with E-state index in [-0.39, 0.29) is 12.5 Å². The van der Waals surface area contributed by atoms with Gasteiger partial charge in [-0.2, -0.15) is 0 Å². The van der Waals surface area contributed by atoms with E-state index in [1.54, 1.807) is 31.1 Å². The molecule has 1 amide bonds. The summed E-state index contributed by atoms with van der Waals surface area (Å²) in [6.45, 7) is 3.96. The normalized spacial score (nSPS) is 14.5. The third kappa shape index (κ3) is 3.66. The van der Waals surface area contributed by atoms with E-state index in [1.165, 1.54) is 0 Å². The first-order chi connectivity index (χ1) is 7.44. The van der Waals surface area contributed by atoms with Gasteiger partial charge in [0.05, 0.1) is 11.9 Å². The zero-order valence-electron chi connectivity index (χ0n) is 10.0. The number of imidazole rings is 1. The molecule has 0 aliphatic rings. The topological polar surface area (TPSA) is 67.2 Å². The lowest BCUT2D eigenvalue weighted by molar-refractivity contribution is 0.0468. The van der Waals surface area contributed by atoms with E-state index < -0.39 is 5.60 Å². The van der Waals surface area contributed by atoms with E-state index >= 15 is 0 Å². The Hall–Kier alpha value is -1.36. The second-order valence-corrected chi connectivity index (χ2v) is 4.35. The molecule has 1 rings (SSSR count). The van der Waals surface area contributed by atoms with Crippen LogP contribution in [0, 0.1) is 0 Å². The molecule has 1 aromatic rings. The van der Waals surface area contributed by atoms with Crippen molar-refractivity contribution in [2.24, 2.45) is 7.05 Å². The Kier molecular flexibility index (Phi) is 4.06. The average Bonchev–Trinajstić information content (AvgIpc) is 2.61. The van der Waals surface area contributed by atoms with Crippen molar-refractivity contribution in [3.8, 4) is 0 Å². The SMILES string of the molecule is CCCC(C)(O)CNC(=O)c1cn(C)cn1. The molecule has 0 radical (unpaired) electrons. The lowest BCUT2D eigenvalue weighted by Crippen LogP contribution is -2.40. The summed E-state index contributed by atoms with van der Waals surface area (Å²) in [7, 11) is 1.80. The highest BCUT2D eigenvalue weighted by Gasteiger charge is 2.20. The predicted molar refractivity (Wildman–Crippen MR) is 61.1 cm³/mol. The zero-order valence-corrected chi connectivity index (χ0v) is 10.0. The summed E-state index contributed by atoms with van der Waals surface area (Å²) >= 11 is 0. The van der Waals surface area contributed by atoms with Crippen molar-refractivity contribution >= 4 is 5.91 Å². The van der Waals surface area contributed by atoms with Crippen LogP contribution in [0.15, 0.2) is 12.5 Å². The van der Waals surface area contributed by atoms with E-state index in [2.05, 4.69) is 10.3 Å². The number of rotatable bonds is 5. The first kappa shape index (κ1) is 12.7. The Balaban J connectivity index is 2.47. The van der Waals surface area contributed by atoms with Crippen LogP contribution in [0.1, 0.15) is 37.2 Å². The van der Waals surface area contributed by atoms with E-state index in [4.69, 9.17) is 0 Å². The van der Waals surface area contributed by atoms with Crippen molar-refractivity contribution in [3.63, 3.8) is 0 Å². The highest BCUT2D eigenvalue weighted by atomic mass is 16.3. The molecule has 90 valence electrons. The minimum Gasteiger partial charge on any atom is -0.388 e. The Morgan fingerprint density at radius 2 is 2.38 bits per heavy atom. The van der Waals surface area contributed by atoms with Crippen LogP contribution in [0.3, 0.4) is 0 Å². The van der Waals surface area contributed by atoms with E-state index in [9.17, 15) is 9.90 Å². The first-order valence-electron chi connectivity index (χ1n) is 5.43. The summed E-state index contributed by atoms with van der Waals surface area (Å²) in [5.74, 6) is -0.253. The molecule has 1 aromatic heterocycles. The molecule has 5 nitrogen and oxygen atoms in total. The van der Waals surface area contributed by atoms with Crippen LogP contribution >= 0.6 is 0 Å². The summed E-state index contributed by atoms with van der Waals surface area (Å²) in [4.78, 5) is 15.5. The molecule has 0 aromatic carbocycles. The van der Waals surface area contributed by atoms with Crippen LogP contribution in [0.25, 0.3) is 0 Å². The first-order valence-corrected chi connectivity index (χ1v) is 5.43. The minimum atomic E-state index is -0.848. The standard InChI is InChI=1S/C11H19N3O2/c1-4-5-11(2,16)7-12-10(15)9-6-14(3)8-13-9/h6,8,16H,4-5,7H2,1-3H3,(H,12,15). The number of carbonyl (C=O) groups excluding carboxylic acids is 1. The van der Waals surface area contributed by atoms with Crippen LogP contribution in [0.4, 0.5) is 0 Å². The molecule has 1 heterocycles. The van der Waals surface area contributed by atoms with E-state index in [1.807, 2.05) is 6.92 Å². The van der Waals surface area contributed by atoms with Crippen molar-refractivity contribution in [2.45, 2.75) is 32.3 Å². The molecule has 1 atom stereocenters. The summed E-state index contributed by atoms with van der Waals surface area (Å²) < 4.78 is 1.71. The van der Waals surface area contributed by atoms with Crippen molar-refractivity contribution in [2.75, 3.05) is 6.54 Å². The Morgan fingerprint density at radius 1 is 1.69 bits per heavy atom. The van der Waals surface area contributed by atoms with Crippen molar-refractivity contribution < 1.29 is 9.90 Å². The lowest BCUT2D eigenvalue weighted by atomic mass is 10.0. The number of amides is 1. The number of aryl methyl sites for hydroxylation is 1. The molecule has 0 bridgehead atoms. The second kappa shape index (κ2) is 5.12. The fraction of sp³-hybridized carbons (Fsp3) is 0.636. The number of aromatic nitrogens is 2. The van der Waals surface area contributed by atoms with Gasteiger partial charge in [-0.15, -0.1) is 0 Å². The van der Waals surface area contributed by atoms with E-state index in [0.717, 1.165) is 6.42 Å². The maximum atomic E-state index is 11.6. The van der Waals surface area contributed by atoms with Crippen LogP contribution in [0.2, 0.25) is 0 Å². The maximum Gasteiger partial charge on any atom is 0.271 e. The van der Waals surface area contributed by atoms with Gasteiger partial charge in [0.1, 0.15) is 5.69 Å². The van der Waals surface area contributed by atoms with E-state index in [0.29, 0.717) is 12.1 Å². The second-order valence-electron chi connectivity index (χ2n) is 4.35. The summed E-state index contributed by atoms with van der Waals surface area (Å²) in [6, 6.07) is 0. The quantitative estimate of drug-likeness (QED) is 0.775. The molecule has 0 spiro atoms. The average molecular weight is 225 g/mol. The van der Waals surface area contributed by atoms with Crippen molar-refractivity contribution in [1.29, 1.82) is 0 Å². The monoisotopic (exact) mass is 225 g/mol. The Morgan fingerprint density at radius 3 is 2.88 bits per heavy atom. The molecule has 5 heteroatoms. The van der Waals surface area contributed by atoms with Crippen LogP contribution in [-0.2, 0) is 7.05 Å². The molecular formula is C11H19N3O2. The smallest absolute Gasteiger partial charge is 0.271 e. The molecule has 2 N–H and O–H groups in total. The molecule has 16 heavy (non-hydrogen) atoms. The third-order valence-electron chi connectivity index (χ3n) is 2.36. The van der Waals surface area contributed by atoms with Gasteiger partial charge in [-0.1, -0.05) is 13.3 Å². The zero-order chi connectivity index (χ0) is 12.2. The molecule has 0 aliphatic carbocycles. The lowest BCUT2D eigenvalue weighted by Gasteiger charge is -2.22. The van der Waals surface area contributed by atoms with Gasteiger partial charge in [0.15, 0.2) is 0 Å². The number of hydrogen-bond donors (Lipinski definition) is 2. The van der Waals surface area contributed by atoms with Gasteiger partial charge in [-0.25, -0.2) is 4.98 Å². The number of nitrogens with zero attached hydrogens (tertiary/aromatic N) is 2. The van der Waals surface area contributed by atoms with Crippen molar-refractivity contribution in [3.05, 3.63) is 18.2 Å². The summed E-state index contributed by atoms with van der Waals surface area (Å²) in [5.41, 5.74) is -0.478.